The number of ether oxygens (including phenoxy) is 2. The fourth-order valence-electron chi connectivity index (χ4n) is 6.19. The molecular weight excluding hydrogens is 400 g/mol. The largest absolute Gasteiger partial charge is 0.497 e. The number of carbonyl (C=O) groups is 1. The molecular formula is C27H32N2O3. The lowest BCUT2D eigenvalue weighted by atomic mass is 9.61. The van der Waals surface area contributed by atoms with Gasteiger partial charge in [0.25, 0.3) is 5.91 Å². The van der Waals surface area contributed by atoms with E-state index in [1.165, 1.54) is 5.56 Å². The molecule has 5 rings (SSSR count). The van der Waals surface area contributed by atoms with Gasteiger partial charge in [-0.1, -0.05) is 24.3 Å². The molecule has 0 N–H and O–H groups in total. The van der Waals surface area contributed by atoms with Crippen molar-refractivity contribution in [2.24, 2.45) is 10.4 Å². The van der Waals surface area contributed by atoms with Crippen molar-refractivity contribution >= 4 is 11.7 Å². The zero-order valence-electron chi connectivity index (χ0n) is 19.5. The van der Waals surface area contributed by atoms with Gasteiger partial charge in [-0.3, -0.25) is 9.79 Å². The molecule has 1 heterocycles. The van der Waals surface area contributed by atoms with Crippen molar-refractivity contribution in [1.82, 2.24) is 4.90 Å². The molecule has 32 heavy (non-hydrogen) atoms. The van der Waals surface area contributed by atoms with E-state index < -0.39 is 5.54 Å². The Morgan fingerprint density at radius 2 is 1.88 bits per heavy atom. The first-order chi connectivity index (χ1) is 15.4. The number of methoxy groups -OCH3 is 1. The van der Waals surface area contributed by atoms with Gasteiger partial charge in [0.1, 0.15) is 11.6 Å². The number of benzene rings is 2. The van der Waals surface area contributed by atoms with Crippen LogP contribution in [-0.2, 0) is 21.5 Å². The zero-order chi connectivity index (χ0) is 22.5. The van der Waals surface area contributed by atoms with Crippen molar-refractivity contribution in [3.05, 3.63) is 53.6 Å². The van der Waals surface area contributed by atoms with Gasteiger partial charge in [-0.25, -0.2) is 0 Å². The Balaban J connectivity index is 1.62. The van der Waals surface area contributed by atoms with Gasteiger partial charge < -0.3 is 14.4 Å². The summed E-state index contributed by atoms with van der Waals surface area (Å²) in [6, 6.07) is 14.7. The Morgan fingerprint density at radius 1 is 1.12 bits per heavy atom. The van der Waals surface area contributed by atoms with E-state index in [1.54, 1.807) is 12.0 Å². The number of hydrogen-bond acceptors (Lipinski definition) is 4. The summed E-state index contributed by atoms with van der Waals surface area (Å²) in [7, 11) is 3.54. The van der Waals surface area contributed by atoms with Crippen molar-refractivity contribution in [3.63, 3.8) is 0 Å². The number of nitrogens with zero attached hydrogens (tertiary/aromatic N) is 2. The number of fused-ring (bicyclic) bond motifs is 3. The van der Waals surface area contributed by atoms with Crippen LogP contribution in [0.25, 0.3) is 11.1 Å². The molecule has 0 radical (unpaired) electrons. The molecule has 0 bridgehead atoms. The maximum absolute atomic E-state index is 13.9. The molecule has 2 aromatic carbocycles. The van der Waals surface area contributed by atoms with Crippen molar-refractivity contribution in [1.29, 1.82) is 0 Å². The topological polar surface area (TPSA) is 51.1 Å². The predicted octanol–water partition coefficient (Wildman–Crippen LogP) is 4.97. The highest BCUT2D eigenvalue weighted by molar-refractivity contribution is 6.08. The van der Waals surface area contributed by atoms with Crippen LogP contribution < -0.4 is 4.74 Å². The van der Waals surface area contributed by atoms with Crippen LogP contribution in [0, 0.1) is 5.41 Å². The molecule has 1 amide bonds. The van der Waals surface area contributed by atoms with E-state index in [-0.39, 0.29) is 17.4 Å². The highest BCUT2D eigenvalue weighted by Gasteiger charge is 2.65. The predicted molar refractivity (Wildman–Crippen MR) is 126 cm³/mol. The minimum Gasteiger partial charge on any atom is -0.497 e. The third-order valence-electron chi connectivity index (χ3n) is 7.92. The van der Waals surface area contributed by atoms with E-state index in [0.717, 1.165) is 67.0 Å². The monoisotopic (exact) mass is 432 g/mol. The first-order valence-electron chi connectivity index (χ1n) is 11.7. The van der Waals surface area contributed by atoms with Crippen LogP contribution in [0.3, 0.4) is 0 Å². The molecule has 2 spiro atoms. The number of hydrogen-bond donors (Lipinski definition) is 0. The van der Waals surface area contributed by atoms with E-state index in [0.29, 0.717) is 0 Å². The standard InChI is InChI=1S/C27H32N2O3/c1-5-32-22-11-13-26(14-12-22)17-21-10-9-20(19-7-6-8-23(15-19)31-4)16-24(21)27(26)25(30)29(3)18(2)28-27/h6-10,15-16,22H,5,11-14,17H2,1-4H3/t22-,26-,27?. The van der Waals surface area contributed by atoms with Gasteiger partial charge in [0.05, 0.1) is 13.2 Å². The normalized spacial score (nSPS) is 29.0. The second-order valence-corrected chi connectivity index (χ2v) is 9.45. The van der Waals surface area contributed by atoms with Crippen LogP contribution in [0.15, 0.2) is 47.5 Å². The second kappa shape index (κ2) is 7.73. The number of amides is 1. The van der Waals surface area contributed by atoms with Crippen molar-refractivity contribution < 1.29 is 14.3 Å². The lowest BCUT2D eigenvalue weighted by Crippen LogP contribution is -2.51. The fourth-order valence-corrected chi connectivity index (χ4v) is 6.19. The number of likely N-dealkylation sites (N-methyl/N-ethyl adjacent to an activating group) is 1. The molecule has 168 valence electrons. The quantitative estimate of drug-likeness (QED) is 0.685. The summed E-state index contributed by atoms with van der Waals surface area (Å²) < 4.78 is 11.4. The number of carbonyl (C=O) groups excluding carboxylic acids is 1. The van der Waals surface area contributed by atoms with Crippen LogP contribution in [0.2, 0.25) is 0 Å². The summed E-state index contributed by atoms with van der Waals surface area (Å²) in [6.45, 7) is 4.75. The number of amidine groups is 1. The van der Waals surface area contributed by atoms with Gasteiger partial charge in [0.15, 0.2) is 5.54 Å². The summed E-state index contributed by atoms with van der Waals surface area (Å²) in [5.41, 5.74) is 3.51. The summed E-state index contributed by atoms with van der Waals surface area (Å²) >= 11 is 0. The average Bonchev–Trinajstić information content (AvgIpc) is 3.21. The van der Waals surface area contributed by atoms with Gasteiger partial charge in [-0.15, -0.1) is 0 Å². The molecule has 1 saturated carbocycles. The SMILES string of the molecule is CCO[C@H]1CC[C@]2(CC1)Cc1ccc(-c3cccc(OC)c3)cc1C21N=C(C)N(C)C1=O. The lowest BCUT2D eigenvalue weighted by molar-refractivity contribution is -0.137. The smallest absolute Gasteiger partial charge is 0.260 e. The van der Waals surface area contributed by atoms with Gasteiger partial charge in [0, 0.05) is 19.1 Å². The lowest BCUT2D eigenvalue weighted by Gasteiger charge is -2.45. The summed E-state index contributed by atoms with van der Waals surface area (Å²) in [5, 5.41) is 0. The van der Waals surface area contributed by atoms with Crippen molar-refractivity contribution in [2.75, 3.05) is 20.8 Å². The molecule has 5 heteroatoms. The molecule has 1 fully saturated rings. The molecule has 1 aliphatic heterocycles. The van der Waals surface area contributed by atoms with Crippen LogP contribution >= 0.6 is 0 Å². The van der Waals surface area contributed by atoms with Gasteiger partial charge in [-0.05, 0) is 86.4 Å². The van der Waals surface area contributed by atoms with E-state index in [9.17, 15) is 4.79 Å². The van der Waals surface area contributed by atoms with Crippen LogP contribution in [0.1, 0.15) is 50.7 Å². The second-order valence-electron chi connectivity index (χ2n) is 9.45. The summed E-state index contributed by atoms with van der Waals surface area (Å²) in [5.74, 6) is 1.75. The molecule has 5 nitrogen and oxygen atoms in total. The van der Waals surface area contributed by atoms with Gasteiger partial charge >= 0.3 is 0 Å². The Labute approximate surface area is 190 Å². The van der Waals surface area contributed by atoms with Crippen LogP contribution in [-0.4, -0.2) is 43.5 Å². The maximum atomic E-state index is 13.9. The Bertz CT molecular complexity index is 1080. The number of rotatable bonds is 4. The Kier molecular flexibility index (Phi) is 5.12. The molecule has 2 aliphatic carbocycles. The molecule has 0 saturated heterocycles. The number of aliphatic imine (C=N–C) groups is 1. The third-order valence-corrected chi connectivity index (χ3v) is 7.92. The Morgan fingerprint density at radius 3 is 2.53 bits per heavy atom. The van der Waals surface area contributed by atoms with E-state index >= 15 is 0 Å². The highest BCUT2D eigenvalue weighted by atomic mass is 16.5. The zero-order valence-corrected chi connectivity index (χ0v) is 19.5. The maximum Gasteiger partial charge on any atom is 0.260 e. The third kappa shape index (κ3) is 2.94. The van der Waals surface area contributed by atoms with Crippen molar-refractivity contribution in [3.8, 4) is 16.9 Å². The van der Waals surface area contributed by atoms with Crippen LogP contribution in [0.5, 0.6) is 5.75 Å². The van der Waals surface area contributed by atoms with Gasteiger partial charge in [-0.2, -0.15) is 0 Å². The summed E-state index contributed by atoms with van der Waals surface area (Å²) in [4.78, 5) is 20.8. The Hall–Kier alpha value is -2.66. The molecule has 2 aromatic rings. The minimum atomic E-state index is -0.826. The molecule has 1 unspecified atom stereocenters. The minimum absolute atomic E-state index is 0.117. The first kappa shape index (κ1) is 21.2. The summed E-state index contributed by atoms with van der Waals surface area (Å²) in [6.07, 6.45) is 5.07. The fraction of sp³-hybridized carbons (Fsp3) is 0.481. The van der Waals surface area contributed by atoms with Gasteiger partial charge in [0.2, 0.25) is 0 Å². The highest BCUT2D eigenvalue weighted by Crippen LogP contribution is 2.62. The van der Waals surface area contributed by atoms with E-state index in [1.807, 2.05) is 32.2 Å². The average molecular weight is 433 g/mol. The van der Waals surface area contributed by atoms with Crippen LogP contribution in [0.4, 0.5) is 0 Å². The molecule has 3 aliphatic rings. The van der Waals surface area contributed by atoms with E-state index in [4.69, 9.17) is 14.5 Å². The van der Waals surface area contributed by atoms with Crippen molar-refractivity contribution in [2.45, 2.75) is 57.6 Å². The van der Waals surface area contributed by atoms with E-state index in [2.05, 4.69) is 31.2 Å². The molecule has 1 atom stereocenters. The first-order valence-corrected chi connectivity index (χ1v) is 11.7. The molecule has 0 aromatic heterocycles.